The number of rotatable bonds is 3. The van der Waals surface area contributed by atoms with Crippen LogP contribution in [0.15, 0.2) is 12.3 Å². The Hall–Kier alpha value is -2.24. The molecular weight excluding hydrogens is 338 g/mol. The van der Waals surface area contributed by atoms with Crippen molar-refractivity contribution in [3.05, 3.63) is 40.7 Å². The third-order valence-electron chi connectivity index (χ3n) is 5.11. The first-order valence-corrected chi connectivity index (χ1v) is 9.69. The van der Waals surface area contributed by atoms with Crippen LogP contribution in [-0.4, -0.2) is 26.1 Å². The minimum absolute atomic E-state index is 0.0587. The summed E-state index contributed by atoms with van der Waals surface area (Å²) >= 11 is 0. The minimum Gasteiger partial charge on any atom is -0.344 e. The first-order chi connectivity index (χ1) is 12.5. The van der Waals surface area contributed by atoms with E-state index in [1.54, 1.807) is 0 Å². The van der Waals surface area contributed by atoms with E-state index in [1.165, 1.54) is 0 Å². The van der Waals surface area contributed by atoms with Crippen LogP contribution in [0.3, 0.4) is 0 Å². The number of carbonyl (C=O) groups is 1. The van der Waals surface area contributed by atoms with Gasteiger partial charge in [-0.15, -0.1) is 0 Å². The number of H-pyrrole nitrogens is 1. The fraction of sp³-hybridized carbons (Fsp3) is 0.619. The lowest BCUT2D eigenvalue weighted by Gasteiger charge is -2.37. The van der Waals surface area contributed by atoms with Gasteiger partial charge in [0.15, 0.2) is 0 Å². The summed E-state index contributed by atoms with van der Waals surface area (Å²) in [7, 11) is 0. The minimum atomic E-state index is -0.160. The predicted molar refractivity (Wildman–Crippen MR) is 106 cm³/mol. The Morgan fingerprint density at radius 3 is 2.63 bits per heavy atom. The summed E-state index contributed by atoms with van der Waals surface area (Å²) in [6.07, 6.45) is 3.64. The van der Waals surface area contributed by atoms with Gasteiger partial charge in [-0.1, -0.05) is 48.5 Å². The summed E-state index contributed by atoms with van der Waals surface area (Å²) < 4.78 is 0. The molecule has 2 aromatic heterocycles. The monoisotopic (exact) mass is 369 g/mol. The molecule has 1 aliphatic rings. The topological polar surface area (TPSA) is 83.6 Å². The molecule has 0 saturated heterocycles. The number of aromatic amines is 1. The van der Waals surface area contributed by atoms with Crippen LogP contribution in [0.1, 0.15) is 100 Å². The average Bonchev–Trinajstić information content (AvgIpc) is 3.02. The van der Waals surface area contributed by atoms with Gasteiger partial charge in [-0.05, 0) is 30.2 Å². The van der Waals surface area contributed by atoms with Crippen molar-refractivity contribution in [1.82, 2.24) is 25.5 Å². The van der Waals surface area contributed by atoms with Gasteiger partial charge in [0.05, 0.1) is 6.04 Å². The molecule has 3 rings (SSSR count). The van der Waals surface area contributed by atoms with Crippen molar-refractivity contribution < 1.29 is 4.79 Å². The standard InChI is InChI=1S/C21H31N5O/c1-12(2)14-8-15(26-25-14)18(27)23-16-9-21(6,7)10-17-13(16)11-22-19(24-17)20(3,4)5/h8,11-12,16H,9-10H2,1-7H3,(H,23,27)(H,25,26)/t16-/m1/s1. The molecule has 146 valence electrons. The van der Waals surface area contributed by atoms with Gasteiger partial charge in [0, 0.05) is 28.6 Å². The number of amides is 1. The van der Waals surface area contributed by atoms with Crippen molar-refractivity contribution >= 4 is 5.91 Å². The molecule has 0 aliphatic heterocycles. The van der Waals surface area contributed by atoms with E-state index in [9.17, 15) is 4.79 Å². The van der Waals surface area contributed by atoms with Gasteiger partial charge in [-0.25, -0.2) is 9.97 Å². The van der Waals surface area contributed by atoms with Crippen molar-refractivity contribution in [2.24, 2.45) is 5.41 Å². The van der Waals surface area contributed by atoms with Crippen molar-refractivity contribution in [3.63, 3.8) is 0 Å². The van der Waals surface area contributed by atoms with Crippen LogP contribution in [0.2, 0.25) is 0 Å². The summed E-state index contributed by atoms with van der Waals surface area (Å²) in [5.41, 5.74) is 3.41. The zero-order valence-corrected chi connectivity index (χ0v) is 17.5. The SMILES string of the molecule is CC(C)c1cc(C(=O)N[C@@H]2CC(C)(C)Cc3nc(C(C)(C)C)ncc32)n[nH]1. The fourth-order valence-corrected chi connectivity index (χ4v) is 3.52. The van der Waals surface area contributed by atoms with Gasteiger partial charge in [0.1, 0.15) is 11.5 Å². The highest BCUT2D eigenvalue weighted by atomic mass is 16.2. The highest BCUT2D eigenvalue weighted by Crippen LogP contribution is 2.40. The average molecular weight is 370 g/mol. The molecule has 0 saturated carbocycles. The maximum absolute atomic E-state index is 12.8. The molecule has 2 heterocycles. The van der Waals surface area contributed by atoms with Crippen LogP contribution in [0.5, 0.6) is 0 Å². The van der Waals surface area contributed by atoms with E-state index in [0.717, 1.165) is 35.6 Å². The molecule has 0 unspecified atom stereocenters. The Morgan fingerprint density at radius 2 is 2.04 bits per heavy atom. The summed E-state index contributed by atoms with van der Waals surface area (Å²) in [5, 5.41) is 10.3. The summed E-state index contributed by atoms with van der Waals surface area (Å²) in [6.45, 7) is 14.9. The molecular formula is C21H31N5O. The number of hydrogen-bond acceptors (Lipinski definition) is 4. The Balaban J connectivity index is 1.88. The number of fused-ring (bicyclic) bond motifs is 1. The van der Waals surface area contributed by atoms with Crippen molar-refractivity contribution in [1.29, 1.82) is 0 Å². The molecule has 6 heteroatoms. The van der Waals surface area contributed by atoms with Crippen LogP contribution in [0, 0.1) is 5.41 Å². The van der Waals surface area contributed by atoms with E-state index in [1.807, 2.05) is 12.3 Å². The lowest BCUT2D eigenvalue weighted by molar-refractivity contribution is 0.0913. The van der Waals surface area contributed by atoms with Crippen molar-refractivity contribution in [2.75, 3.05) is 0 Å². The Labute approximate surface area is 161 Å². The van der Waals surface area contributed by atoms with E-state index in [0.29, 0.717) is 11.6 Å². The third kappa shape index (κ3) is 4.20. The molecule has 0 spiro atoms. The van der Waals surface area contributed by atoms with Crippen LogP contribution < -0.4 is 5.32 Å². The van der Waals surface area contributed by atoms with E-state index < -0.39 is 0 Å². The third-order valence-corrected chi connectivity index (χ3v) is 5.11. The number of nitrogens with zero attached hydrogens (tertiary/aromatic N) is 3. The second-order valence-corrected chi connectivity index (χ2v) is 9.78. The van der Waals surface area contributed by atoms with Gasteiger partial charge in [0.2, 0.25) is 0 Å². The number of aromatic nitrogens is 4. The molecule has 1 aliphatic carbocycles. The van der Waals surface area contributed by atoms with Crippen molar-refractivity contribution in [2.45, 2.75) is 78.7 Å². The highest BCUT2D eigenvalue weighted by molar-refractivity contribution is 5.92. The zero-order valence-electron chi connectivity index (χ0n) is 17.5. The van der Waals surface area contributed by atoms with Gasteiger partial charge >= 0.3 is 0 Å². The maximum Gasteiger partial charge on any atom is 0.272 e. The van der Waals surface area contributed by atoms with E-state index in [-0.39, 0.29) is 22.8 Å². The Kier molecular flexibility index (Phi) is 4.87. The normalized spacial score (nSPS) is 19.0. The molecule has 1 atom stereocenters. The summed E-state index contributed by atoms with van der Waals surface area (Å²) in [4.78, 5) is 22.2. The molecule has 27 heavy (non-hydrogen) atoms. The molecule has 0 aromatic carbocycles. The van der Waals surface area contributed by atoms with E-state index in [4.69, 9.17) is 4.98 Å². The first-order valence-electron chi connectivity index (χ1n) is 9.69. The molecule has 0 bridgehead atoms. The van der Waals surface area contributed by atoms with E-state index >= 15 is 0 Å². The van der Waals surface area contributed by atoms with Crippen LogP contribution >= 0.6 is 0 Å². The first kappa shape index (κ1) is 19.5. The van der Waals surface area contributed by atoms with Gasteiger partial charge in [-0.3, -0.25) is 9.89 Å². The number of nitrogens with one attached hydrogen (secondary N) is 2. The molecule has 2 aromatic rings. The van der Waals surface area contributed by atoms with Crippen LogP contribution in [0.25, 0.3) is 0 Å². The lowest BCUT2D eigenvalue weighted by Crippen LogP contribution is -2.37. The molecule has 1 amide bonds. The van der Waals surface area contributed by atoms with Crippen molar-refractivity contribution in [3.8, 4) is 0 Å². The summed E-state index contributed by atoms with van der Waals surface area (Å²) in [5.74, 6) is 0.988. The second-order valence-electron chi connectivity index (χ2n) is 9.78. The van der Waals surface area contributed by atoms with E-state index in [2.05, 4.69) is 69.0 Å². The van der Waals surface area contributed by atoms with Gasteiger partial charge in [-0.2, -0.15) is 5.10 Å². The number of hydrogen-bond donors (Lipinski definition) is 2. The lowest BCUT2D eigenvalue weighted by atomic mass is 9.74. The van der Waals surface area contributed by atoms with Crippen LogP contribution in [0.4, 0.5) is 0 Å². The van der Waals surface area contributed by atoms with Crippen LogP contribution in [-0.2, 0) is 11.8 Å². The quantitative estimate of drug-likeness (QED) is 0.854. The predicted octanol–water partition coefficient (Wildman–Crippen LogP) is 4.06. The Bertz CT molecular complexity index is 844. The second kappa shape index (κ2) is 6.73. The fourth-order valence-electron chi connectivity index (χ4n) is 3.52. The zero-order chi connectivity index (χ0) is 20.0. The maximum atomic E-state index is 12.8. The molecule has 6 nitrogen and oxygen atoms in total. The molecule has 2 N–H and O–H groups in total. The highest BCUT2D eigenvalue weighted by Gasteiger charge is 2.35. The summed E-state index contributed by atoms with van der Waals surface area (Å²) in [6, 6.07) is 1.72. The molecule has 0 fully saturated rings. The smallest absolute Gasteiger partial charge is 0.272 e. The Morgan fingerprint density at radius 1 is 1.33 bits per heavy atom. The van der Waals surface area contributed by atoms with Gasteiger partial charge in [0.25, 0.3) is 5.91 Å². The largest absolute Gasteiger partial charge is 0.344 e. The van der Waals surface area contributed by atoms with Gasteiger partial charge < -0.3 is 5.32 Å². The molecule has 0 radical (unpaired) electrons. The number of carbonyl (C=O) groups excluding carboxylic acids is 1.